The van der Waals surface area contributed by atoms with Crippen LogP contribution in [0.3, 0.4) is 0 Å². The standard InChI is InChI=1S/C13H18N4O3/c1-3-7-16-9-5-11(18)17(13(16)20)10-12(19)15(2)8-4-6-14/h5,9H,3-4,7-8,10H2,1-2H3. The fourth-order valence-corrected chi connectivity index (χ4v) is 1.71. The molecule has 0 atom stereocenters. The molecule has 0 N–H and O–H groups in total. The van der Waals surface area contributed by atoms with Crippen LogP contribution in [-0.2, 0) is 17.9 Å². The molecule has 0 bridgehead atoms. The lowest BCUT2D eigenvalue weighted by molar-refractivity contribution is -0.130. The predicted molar refractivity (Wildman–Crippen MR) is 73.1 cm³/mol. The molecule has 1 aromatic heterocycles. The monoisotopic (exact) mass is 278 g/mol. The number of nitrogens with zero attached hydrogens (tertiary/aromatic N) is 4. The van der Waals surface area contributed by atoms with Crippen molar-refractivity contribution in [1.82, 2.24) is 14.0 Å². The van der Waals surface area contributed by atoms with E-state index in [9.17, 15) is 14.4 Å². The molecule has 0 unspecified atom stereocenters. The van der Waals surface area contributed by atoms with Crippen molar-refractivity contribution in [3.05, 3.63) is 33.1 Å². The van der Waals surface area contributed by atoms with E-state index in [2.05, 4.69) is 0 Å². The third kappa shape index (κ3) is 3.82. The van der Waals surface area contributed by atoms with Gasteiger partial charge in [-0.1, -0.05) is 6.92 Å². The second-order valence-corrected chi connectivity index (χ2v) is 4.44. The highest BCUT2D eigenvalue weighted by atomic mass is 16.2. The number of aryl methyl sites for hydroxylation is 1. The molecule has 0 saturated carbocycles. The molecule has 0 spiro atoms. The van der Waals surface area contributed by atoms with Gasteiger partial charge >= 0.3 is 5.69 Å². The van der Waals surface area contributed by atoms with E-state index in [1.54, 1.807) is 0 Å². The first-order valence-electron chi connectivity index (χ1n) is 6.42. The molecule has 7 heteroatoms. The average Bonchev–Trinajstić information content (AvgIpc) is 2.43. The Morgan fingerprint density at radius 1 is 1.45 bits per heavy atom. The zero-order valence-corrected chi connectivity index (χ0v) is 11.7. The lowest BCUT2D eigenvalue weighted by Crippen LogP contribution is -2.43. The van der Waals surface area contributed by atoms with Crippen molar-refractivity contribution in [3.8, 4) is 6.07 Å². The topological polar surface area (TPSA) is 88.1 Å². The number of nitriles is 1. The Bertz CT molecular complexity index is 624. The minimum Gasteiger partial charge on any atom is -0.343 e. The SMILES string of the molecule is CCCn1ccc(=O)n(CC(=O)N(C)CCC#N)c1=O. The Kier molecular flexibility index (Phi) is 5.72. The van der Waals surface area contributed by atoms with Crippen molar-refractivity contribution in [2.45, 2.75) is 32.9 Å². The molecule has 1 heterocycles. The number of aromatic nitrogens is 2. The minimum atomic E-state index is -0.496. The first kappa shape index (κ1) is 15.7. The highest BCUT2D eigenvalue weighted by Crippen LogP contribution is 1.90. The maximum Gasteiger partial charge on any atom is 0.331 e. The maximum absolute atomic E-state index is 12.1. The van der Waals surface area contributed by atoms with Gasteiger partial charge in [0.1, 0.15) is 6.54 Å². The zero-order valence-electron chi connectivity index (χ0n) is 11.7. The van der Waals surface area contributed by atoms with Crippen LogP contribution in [0.15, 0.2) is 21.9 Å². The number of hydrogen-bond acceptors (Lipinski definition) is 4. The average molecular weight is 278 g/mol. The van der Waals surface area contributed by atoms with Crippen LogP contribution in [0.25, 0.3) is 0 Å². The molecule has 0 aliphatic rings. The summed E-state index contributed by atoms with van der Waals surface area (Å²) in [5.41, 5.74) is -0.981. The molecule has 20 heavy (non-hydrogen) atoms. The van der Waals surface area contributed by atoms with Crippen molar-refractivity contribution in [2.75, 3.05) is 13.6 Å². The van der Waals surface area contributed by atoms with Gasteiger partial charge in [0.15, 0.2) is 0 Å². The van der Waals surface area contributed by atoms with Gasteiger partial charge in [-0.05, 0) is 6.42 Å². The summed E-state index contributed by atoms with van der Waals surface area (Å²) in [6.45, 7) is 2.39. The van der Waals surface area contributed by atoms with Gasteiger partial charge in [0, 0.05) is 32.4 Å². The van der Waals surface area contributed by atoms with Gasteiger partial charge in [0.2, 0.25) is 5.91 Å². The molecule has 1 rings (SSSR count). The Hall–Kier alpha value is -2.36. The number of hydrogen-bond donors (Lipinski definition) is 0. The number of carbonyl (C=O) groups excluding carboxylic acids is 1. The van der Waals surface area contributed by atoms with Crippen LogP contribution in [0.2, 0.25) is 0 Å². The van der Waals surface area contributed by atoms with E-state index < -0.39 is 11.2 Å². The number of amides is 1. The number of carbonyl (C=O) groups is 1. The Balaban J connectivity index is 2.95. The Labute approximate surface area is 116 Å². The van der Waals surface area contributed by atoms with Crippen molar-refractivity contribution in [3.63, 3.8) is 0 Å². The zero-order chi connectivity index (χ0) is 15.1. The molecular formula is C13H18N4O3. The van der Waals surface area contributed by atoms with Crippen LogP contribution in [0.4, 0.5) is 0 Å². The maximum atomic E-state index is 12.1. The first-order valence-corrected chi connectivity index (χ1v) is 6.42. The summed E-state index contributed by atoms with van der Waals surface area (Å²) in [7, 11) is 1.54. The molecule has 0 aliphatic heterocycles. The molecule has 1 amide bonds. The summed E-state index contributed by atoms with van der Waals surface area (Å²) in [4.78, 5) is 37.0. The predicted octanol–water partition coefficient (Wildman–Crippen LogP) is -0.208. The smallest absolute Gasteiger partial charge is 0.331 e. The number of likely N-dealkylation sites (N-methyl/N-ethyl adjacent to an activating group) is 1. The van der Waals surface area contributed by atoms with Gasteiger partial charge in [-0.15, -0.1) is 0 Å². The lowest BCUT2D eigenvalue weighted by atomic mass is 10.4. The van der Waals surface area contributed by atoms with E-state index in [1.807, 2.05) is 13.0 Å². The van der Waals surface area contributed by atoms with Crippen LogP contribution >= 0.6 is 0 Å². The van der Waals surface area contributed by atoms with Crippen LogP contribution in [0.5, 0.6) is 0 Å². The van der Waals surface area contributed by atoms with Crippen LogP contribution < -0.4 is 11.2 Å². The summed E-state index contributed by atoms with van der Waals surface area (Å²) in [5, 5.41) is 8.47. The van der Waals surface area contributed by atoms with Gasteiger partial charge in [0.05, 0.1) is 12.5 Å². The Morgan fingerprint density at radius 3 is 2.75 bits per heavy atom. The molecule has 7 nitrogen and oxygen atoms in total. The molecule has 0 aromatic carbocycles. The van der Waals surface area contributed by atoms with Crippen LogP contribution in [0, 0.1) is 11.3 Å². The van der Waals surface area contributed by atoms with Gasteiger partial charge in [-0.3, -0.25) is 14.2 Å². The highest BCUT2D eigenvalue weighted by molar-refractivity contribution is 5.75. The van der Waals surface area contributed by atoms with E-state index in [0.717, 1.165) is 11.0 Å². The summed E-state index contributed by atoms with van der Waals surface area (Å²) in [5.74, 6) is -0.367. The molecule has 1 aromatic rings. The number of rotatable bonds is 6. The van der Waals surface area contributed by atoms with Crippen LogP contribution in [0.1, 0.15) is 19.8 Å². The van der Waals surface area contributed by atoms with E-state index in [4.69, 9.17) is 5.26 Å². The fraction of sp³-hybridized carbons (Fsp3) is 0.538. The van der Waals surface area contributed by atoms with Gasteiger partial charge in [-0.2, -0.15) is 5.26 Å². The van der Waals surface area contributed by atoms with Gasteiger partial charge in [0.25, 0.3) is 5.56 Å². The quantitative estimate of drug-likeness (QED) is 0.720. The lowest BCUT2D eigenvalue weighted by Gasteiger charge is -2.16. The summed E-state index contributed by atoms with van der Waals surface area (Å²) < 4.78 is 2.32. The van der Waals surface area contributed by atoms with Crippen LogP contribution in [-0.4, -0.2) is 33.5 Å². The second kappa shape index (κ2) is 7.28. The summed E-state index contributed by atoms with van der Waals surface area (Å²) in [6.07, 6.45) is 2.41. The van der Waals surface area contributed by atoms with Crippen molar-refractivity contribution in [2.24, 2.45) is 0 Å². The first-order chi connectivity index (χ1) is 9.51. The molecule has 0 fully saturated rings. The fourth-order valence-electron chi connectivity index (χ4n) is 1.71. The van der Waals surface area contributed by atoms with Crippen molar-refractivity contribution >= 4 is 5.91 Å². The summed E-state index contributed by atoms with van der Waals surface area (Å²) in [6, 6.07) is 3.22. The normalized spacial score (nSPS) is 10.1. The van der Waals surface area contributed by atoms with E-state index in [-0.39, 0.29) is 25.4 Å². The molecule has 0 aliphatic carbocycles. The largest absolute Gasteiger partial charge is 0.343 e. The third-order valence-corrected chi connectivity index (χ3v) is 2.88. The van der Waals surface area contributed by atoms with Gasteiger partial charge < -0.3 is 9.47 Å². The second-order valence-electron chi connectivity index (χ2n) is 4.44. The third-order valence-electron chi connectivity index (χ3n) is 2.88. The molecular weight excluding hydrogens is 260 g/mol. The van der Waals surface area contributed by atoms with Crippen molar-refractivity contribution < 1.29 is 4.79 Å². The Morgan fingerprint density at radius 2 is 2.15 bits per heavy atom. The molecule has 0 radical (unpaired) electrons. The van der Waals surface area contributed by atoms with Crippen molar-refractivity contribution in [1.29, 1.82) is 5.26 Å². The highest BCUT2D eigenvalue weighted by Gasteiger charge is 2.13. The van der Waals surface area contributed by atoms with E-state index in [1.165, 1.54) is 28.8 Å². The minimum absolute atomic E-state index is 0.214. The van der Waals surface area contributed by atoms with E-state index in [0.29, 0.717) is 6.54 Å². The van der Waals surface area contributed by atoms with E-state index >= 15 is 0 Å². The summed E-state index contributed by atoms with van der Waals surface area (Å²) >= 11 is 0. The molecule has 0 saturated heterocycles. The van der Waals surface area contributed by atoms with Gasteiger partial charge in [-0.25, -0.2) is 4.79 Å². The molecule has 108 valence electrons.